The van der Waals surface area contributed by atoms with Crippen molar-refractivity contribution in [3.63, 3.8) is 0 Å². The summed E-state index contributed by atoms with van der Waals surface area (Å²) in [6.45, 7) is 3.96. The van der Waals surface area contributed by atoms with Gasteiger partial charge in [-0.15, -0.1) is 0 Å². The van der Waals surface area contributed by atoms with E-state index in [2.05, 4.69) is 0 Å². The number of rotatable bonds is 2. The summed E-state index contributed by atoms with van der Waals surface area (Å²) in [5.41, 5.74) is 5.41. The molecular weight excluding hydrogens is 276 g/mol. The molecule has 1 heterocycles. The number of aliphatic hydroxyl groups is 1. The first-order valence-electron chi connectivity index (χ1n) is 7.31. The van der Waals surface area contributed by atoms with E-state index < -0.39 is 6.10 Å². The molecule has 3 rings (SSSR count). The highest BCUT2D eigenvalue weighted by Gasteiger charge is 2.18. The van der Waals surface area contributed by atoms with Gasteiger partial charge < -0.3 is 5.11 Å². The number of aromatic nitrogens is 2. The molecule has 0 aliphatic carbocycles. The van der Waals surface area contributed by atoms with Gasteiger partial charge in [0.25, 0.3) is 0 Å². The van der Waals surface area contributed by atoms with E-state index >= 15 is 0 Å². The molecule has 4 heteroatoms. The minimum Gasteiger partial charge on any atom is -0.384 e. The molecule has 0 saturated carbocycles. The average molecular weight is 296 g/mol. The van der Waals surface area contributed by atoms with Gasteiger partial charge in [-0.25, -0.2) is 4.79 Å². The summed E-state index contributed by atoms with van der Waals surface area (Å²) in [6, 6.07) is 11.7. The second-order valence-electron chi connectivity index (χ2n) is 5.86. The number of benzene rings is 2. The number of hydrogen-bond acceptors (Lipinski definition) is 2. The molecule has 0 spiro atoms. The van der Waals surface area contributed by atoms with Crippen molar-refractivity contribution in [1.29, 1.82) is 0 Å². The van der Waals surface area contributed by atoms with Crippen LogP contribution in [0.2, 0.25) is 0 Å². The van der Waals surface area contributed by atoms with Gasteiger partial charge in [0.2, 0.25) is 0 Å². The summed E-state index contributed by atoms with van der Waals surface area (Å²) >= 11 is 0. The largest absolute Gasteiger partial charge is 0.384 e. The Balaban J connectivity index is 2.23. The highest BCUT2D eigenvalue weighted by atomic mass is 16.3. The van der Waals surface area contributed by atoms with Crippen LogP contribution in [0.3, 0.4) is 0 Å². The third kappa shape index (κ3) is 2.07. The summed E-state index contributed by atoms with van der Waals surface area (Å²) < 4.78 is 3.25. The van der Waals surface area contributed by atoms with Gasteiger partial charge >= 0.3 is 5.69 Å². The van der Waals surface area contributed by atoms with Gasteiger partial charge in [-0.1, -0.05) is 24.3 Å². The predicted molar refractivity (Wildman–Crippen MR) is 88.1 cm³/mol. The van der Waals surface area contributed by atoms with E-state index in [-0.39, 0.29) is 5.69 Å². The van der Waals surface area contributed by atoms with E-state index in [1.165, 1.54) is 0 Å². The zero-order valence-corrected chi connectivity index (χ0v) is 13.3. The van der Waals surface area contributed by atoms with Gasteiger partial charge in [0.05, 0.1) is 11.0 Å². The summed E-state index contributed by atoms with van der Waals surface area (Å²) in [7, 11) is 3.52. The number of fused-ring (bicyclic) bond motifs is 1. The van der Waals surface area contributed by atoms with Crippen molar-refractivity contribution >= 4 is 11.0 Å². The van der Waals surface area contributed by atoms with Crippen molar-refractivity contribution in [2.75, 3.05) is 0 Å². The first kappa shape index (κ1) is 14.6. The van der Waals surface area contributed by atoms with E-state index in [1.54, 1.807) is 23.2 Å². The van der Waals surface area contributed by atoms with Gasteiger partial charge in [0.15, 0.2) is 0 Å². The SMILES string of the molecule is Cc1ccccc1C(O)c1cc2c(cc1C)n(C)c(=O)n2C. The summed E-state index contributed by atoms with van der Waals surface area (Å²) in [6.07, 6.45) is -0.694. The average Bonchev–Trinajstić information content (AvgIpc) is 2.71. The first-order valence-corrected chi connectivity index (χ1v) is 7.31. The molecule has 1 aromatic heterocycles. The molecule has 4 nitrogen and oxygen atoms in total. The molecule has 0 fully saturated rings. The molecule has 0 bridgehead atoms. The lowest BCUT2D eigenvalue weighted by Crippen LogP contribution is -2.19. The maximum atomic E-state index is 12.1. The Labute approximate surface area is 129 Å². The molecule has 0 radical (unpaired) electrons. The molecule has 114 valence electrons. The van der Waals surface area contributed by atoms with Crippen molar-refractivity contribution in [1.82, 2.24) is 9.13 Å². The van der Waals surface area contributed by atoms with E-state index in [0.717, 1.165) is 33.3 Å². The molecule has 22 heavy (non-hydrogen) atoms. The third-order valence-electron chi connectivity index (χ3n) is 4.44. The van der Waals surface area contributed by atoms with Crippen LogP contribution in [0.15, 0.2) is 41.2 Å². The molecule has 1 atom stereocenters. The Bertz CT molecular complexity index is 919. The molecule has 1 unspecified atom stereocenters. The van der Waals surface area contributed by atoms with Crippen LogP contribution in [-0.4, -0.2) is 14.2 Å². The number of nitrogens with zero attached hydrogens (tertiary/aromatic N) is 2. The van der Waals surface area contributed by atoms with Crippen LogP contribution in [0.4, 0.5) is 0 Å². The number of aliphatic hydroxyl groups excluding tert-OH is 1. The molecule has 0 aliphatic heterocycles. The summed E-state index contributed by atoms with van der Waals surface area (Å²) in [4.78, 5) is 12.1. The molecule has 0 amide bonds. The second kappa shape index (κ2) is 5.14. The molecular formula is C18H20N2O2. The van der Waals surface area contributed by atoms with E-state index in [9.17, 15) is 9.90 Å². The maximum absolute atomic E-state index is 12.1. The van der Waals surface area contributed by atoms with Gasteiger partial charge in [0.1, 0.15) is 6.10 Å². The summed E-state index contributed by atoms with van der Waals surface area (Å²) in [5.74, 6) is 0. The van der Waals surface area contributed by atoms with Gasteiger partial charge in [0, 0.05) is 14.1 Å². The van der Waals surface area contributed by atoms with E-state index in [0.29, 0.717) is 0 Å². The minimum absolute atomic E-state index is 0.0584. The number of hydrogen-bond donors (Lipinski definition) is 1. The second-order valence-corrected chi connectivity index (χ2v) is 5.86. The van der Waals surface area contributed by atoms with Crippen LogP contribution in [0.5, 0.6) is 0 Å². The Kier molecular flexibility index (Phi) is 3.41. The smallest absolute Gasteiger partial charge is 0.328 e. The number of aryl methyl sites for hydroxylation is 4. The topological polar surface area (TPSA) is 47.2 Å². The highest BCUT2D eigenvalue weighted by molar-refractivity contribution is 5.78. The molecule has 0 saturated heterocycles. The predicted octanol–water partition coefficient (Wildman–Crippen LogP) is 2.58. The Morgan fingerprint density at radius 1 is 0.909 bits per heavy atom. The van der Waals surface area contributed by atoms with Crippen LogP contribution in [0, 0.1) is 13.8 Å². The Morgan fingerprint density at radius 2 is 1.50 bits per heavy atom. The van der Waals surface area contributed by atoms with Crippen LogP contribution in [0.1, 0.15) is 28.4 Å². The zero-order valence-electron chi connectivity index (χ0n) is 13.3. The van der Waals surface area contributed by atoms with Crippen molar-refractivity contribution in [2.45, 2.75) is 20.0 Å². The molecule has 2 aromatic carbocycles. The molecule has 3 aromatic rings. The Morgan fingerprint density at radius 3 is 2.14 bits per heavy atom. The fraction of sp³-hybridized carbons (Fsp3) is 0.278. The molecule has 1 N–H and O–H groups in total. The monoisotopic (exact) mass is 296 g/mol. The fourth-order valence-electron chi connectivity index (χ4n) is 3.02. The van der Waals surface area contributed by atoms with Gasteiger partial charge in [-0.2, -0.15) is 0 Å². The lowest BCUT2D eigenvalue weighted by molar-refractivity contribution is 0.219. The minimum atomic E-state index is -0.694. The van der Waals surface area contributed by atoms with Gasteiger partial charge in [-0.3, -0.25) is 9.13 Å². The zero-order chi connectivity index (χ0) is 16.0. The lowest BCUT2D eigenvalue weighted by atomic mass is 9.94. The van der Waals surface area contributed by atoms with Crippen LogP contribution in [-0.2, 0) is 14.1 Å². The van der Waals surface area contributed by atoms with Crippen LogP contribution < -0.4 is 5.69 Å². The van der Waals surface area contributed by atoms with E-state index in [1.807, 2.05) is 50.2 Å². The third-order valence-corrected chi connectivity index (χ3v) is 4.44. The summed E-state index contributed by atoms with van der Waals surface area (Å²) in [5, 5.41) is 10.8. The maximum Gasteiger partial charge on any atom is 0.328 e. The first-order chi connectivity index (χ1) is 10.4. The fourth-order valence-corrected chi connectivity index (χ4v) is 3.02. The normalized spacial score (nSPS) is 12.8. The number of imidazole rings is 1. The quantitative estimate of drug-likeness (QED) is 0.790. The molecule has 0 aliphatic rings. The van der Waals surface area contributed by atoms with Crippen LogP contribution in [0.25, 0.3) is 11.0 Å². The Hall–Kier alpha value is -2.33. The lowest BCUT2D eigenvalue weighted by Gasteiger charge is -2.17. The van der Waals surface area contributed by atoms with Crippen molar-refractivity contribution in [3.05, 3.63) is 69.1 Å². The van der Waals surface area contributed by atoms with Crippen molar-refractivity contribution in [3.8, 4) is 0 Å². The highest BCUT2D eigenvalue weighted by Crippen LogP contribution is 2.29. The van der Waals surface area contributed by atoms with E-state index in [4.69, 9.17) is 0 Å². The van der Waals surface area contributed by atoms with Gasteiger partial charge in [-0.05, 0) is 48.2 Å². The van der Waals surface area contributed by atoms with Crippen molar-refractivity contribution in [2.24, 2.45) is 14.1 Å². The standard InChI is InChI=1S/C18H20N2O2/c1-11-7-5-6-8-13(11)17(21)14-10-16-15(9-12(14)2)19(3)18(22)20(16)4/h5-10,17,21H,1-4H3. The van der Waals surface area contributed by atoms with Crippen LogP contribution >= 0.6 is 0 Å². The van der Waals surface area contributed by atoms with Crippen molar-refractivity contribution < 1.29 is 5.11 Å².